The number of benzene rings is 2. The molecule has 0 aliphatic carbocycles. The lowest BCUT2D eigenvalue weighted by molar-refractivity contribution is 0.200. The summed E-state index contributed by atoms with van der Waals surface area (Å²) in [6, 6.07) is 13.6. The van der Waals surface area contributed by atoms with Gasteiger partial charge in [0.25, 0.3) is 5.56 Å². The molecule has 0 N–H and O–H groups in total. The van der Waals surface area contributed by atoms with Gasteiger partial charge in [-0.3, -0.25) is 9.36 Å². The van der Waals surface area contributed by atoms with Crippen molar-refractivity contribution in [3.8, 4) is 5.69 Å². The number of aryl methyl sites for hydroxylation is 2. The minimum absolute atomic E-state index is 0.0215. The lowest BCUT2D eigenvalue weighted by Crippen LogP contribution is -2.22. The van der Waals surface area contributed by atoms with Crippen molar-refractivity contribution in [2.45, 2.75) is 25.4 Å². The maximum Gasteiger partial charge on any atom is 0.266 e. The van der Waals surface area contributed by atoms with Crippen molar-refractivity contribution in [3.05, 3.63) is 63.9 Å². The van der Waals surface area contributed by atoms with E-state index in [4.69, 9.17) is 9.72 Å². The number of methoxy groups -OCH3 is 1. The number of para-hydroxylation sites is 1. The van der Waals surface area contributed by atoms with Gasteiger partial charge in [-0.05, 0) is 44.0 Å². The molecule has 0 aliphatic rings. The first kappa shape index (κ1) is 17.7. The minimum atomic E-state index is -0.0215. The third-order valence-corrected chi connectivity index (χ3v) is 5.09. The Hall–Kier alpha value is -2.11. The van der Waals surface area contributed by atoms with Gasteiger partial charge in [0.05, 0.1) is 16.6 Å². The maximum absolute atomic E-state index is 13.2. The molecule has 0 atom stereocenters. The molecule has 0 aliphatic heterocycles. The fourth-order valence-electron chi connectivity index (χ4n) is 2.84. The molecule has 0 fully saturated rings. The Morgan fingerprint density at radius 3 is 2.72 bits per heavy atom. The first-order valence-corrected chi connectivity index (χ1v) is 9.31. The molecule has 0 amide bonds. The highest BCUT2D eigenvalue weighted by molar-refractivity contribution is 7.99. The van der Waals surface area contributed by atoms with E-state index in [9.17, 15) is 4.79 Å². The van der Waals surface area contributed by atoms with Gasteiger partial charge in [-0.15, -0.1) is 0 Å². The molecule has 3 rings (SSSR count). The fourth-order valence-corrected chi connectivity index (χ4v) is 3.76. The SMILES string of the molecule is COCCCSc1nc2ccccc2c(=O)n1-c1ccc(C)cc1C. The van der Waals surface area contributed by atoms with Crippen LogP contribution in [0.5, 0.6) is 0 Å². The molecule has 3 aromatic rings. The molecule has 5 heteroatoms. The van der Waals surface area contributed by atoms with Crippen LogP contribution in [0.1, 0.15) is 17.5 Å². The second-order valence-electron chi connectivity index (χ2n) is 6.04. The topological polar surface area (TPSA) is 44.1 Å². The van der Waals surface area contributed by atoms with E-state index in [1.54, 1.807) is 23.4 Å². The zero-order valence-corrected chi connectivity index (χ0v) is 15.6. The summed E-state index contributed by atoms with van der Waals surface area (Å²) in [6.07, 6.45) is 0.913. The van der Waals surface area contributed by atoms with Gasteiger partial charge in [0.15, 0.2) is 5.16 Å². The Labute approximate surface area is 151 Å². The molecule has 1 aromatic heterocycles. The summed E-state index contributed by atoms with van der Waals surface area (Å²) in [6.45, 7) is 4.79. The minimum Gasteiger partial charge on any atom is -0.385 e. The lowest BCUT2D eigenvalue weighted by atomic mass is 10.1. The van der Waals surface area contributed by atoms with Crippen LogP contribution in [0.2, 0.25) is 0 Å². The molecule has 0 spiro atoms. The van der Waals surface area contributed by atoms with Crippen molar-refractivity contribution in [2.24, 2.45) is 0 Å². The van der Waals surface area contributed by atoms with Gasteiger partial charge in [-0.1, -0.05) is 41.6 Å². The summed E-state index contributed by atoms with van der Waals surface area (Å²) in [4.78, 5) is 17.9. The Morgan fingerprint density at radius 1 is 1.16 bits per heavy atom. The van der Waals surface area contributed by atoms with Crippen LogP contribution in [0.25, 0.3) is 16.6 Å². The van der Waals surface area contributed by atoms with Gasteiger partial charge in [-0.2, -0.15) is 0 Å². The first-order chi connectivity index (χ1) is 12.1. The first-order valence-electron chi connectivity index (χ1n) is 8.33. The van der Waals surface area contributed by atoms with Gasteiger partial charge in [0.2, 0.25) is 0 Å². The predicted molar refractivity (Wildman–Crippen MR) is 104 cm³/mol. The standard InChI is InChI=1S/C20H22N2O2S/c1-14-9-10-18(15(2)13-14)22-19(23)16-7-4-5-8-17(16)21-20(22)25-12-6-11-24-3/h4-5,7-10,13H,6,11-12H2,1-3H3. The van der Waals surface area contributed by atoms with E-state index in [2.05, 4.69) is 13.0 Å². The molecule has 4 nitrogen and oxygen atoms in total. The number of hydrogen-bond donors (Lipinski definition) is 0. The Morgan fingerprint density at radius 2 is 1.96 bits per heavy atom. The summed E-state index contributed by atoms with van der Waals surface area (Å²) in [5, 5.41) is 1.37. The van der Waals surface area contributed by atoms with Crippen LogP contribution in [0.15, 0.2) is 52.4 Å². The van der Waals surface area contributed by atoms with E-state index in [1.165, 1.54) is 5.56 Å². The van der Waals surface area contributed by atoms with Crippen molar-refractivity contribution in [2.75, 3.05) is 19.5 Å². The zero-order valence-electron chi connectivity index (χ0n) is 14.8. The Kier molecular flexibility index (Phi) is 5.56. The third kappa shape index (κ3) is 3.78. The van der Waals surface area contributed by atoms with E-state index in [0.717, 1.165) is 34.1 Å². The molecule has 0 unspecified atom stereocenters. The number of rotatable bonds is 6. The largest absolute Gasteiger partial charge is 0.385 e. The number of aromatic nitrogens is 2. The highest BCUT2D eigenvalue weighted by Crippen LogP contribution is 2.24. The number of thioether (sulfide) groups is 1. The summed E-state index contributed by atoms with van der Waals surface area (Å²) >= 11 is 1.60. The van der Waals surface area contributed by atoms with E-state index in [-0.39, 0.29) is 5.56 Å². The van der Waals surface area contributed by atoms with Gasteiger partial charge in [0.1, 0.15) is 0 Å². The van der Waals surface area contributed by atoms with Crippen LogP contribution in [-0.2, 0) is 4.74 Å². The smallest absolute Gasteiger partial charge is 0.266 e. The van der Waals surface area contributed by atoms with E-state index >= 15 is 0 Å². The molecule has 0 saturated heterocycles. The molecule has 0 bridgehead atoms. The predicted octanol–water partition coefficient (Wildman–Crippen LogP) is 4.13. The highest BCUT2D eigenvalue weighted by Gasteiger charge is 2.14. The van der Waals surface area contributed by atoms with Crippen LogP contribution in [-0.4, -0.2) is 29.0 Å². The molecular weight excluding hydrogens is 332 g/mol. The fraction of sp³-hybridized carbons (Fsp3) is 0.300. The van der Waals surface area contributed by atoms with Crippen molar-refractivity contribution in [1.82, 2.24) is 9.55 Å². The second-order valence-corrected chi connectivity index (χ2v) is 7.10. The quantitative estimate of drug-likeness (QED) is 0.379. The third-order valence-electron chi connectivity index (χ3n) is 4.06. The molecule has 2 aromatic carbocycles. The summed E-state index contributed by atoms with van der Waals surface area (Å²) in [5.74, 6) is 0.851. The van der Waals surface area contributed by atoms with Gasteiger partial charge in [-0.25, -0.2) is 4.98 Å². The van der Waals surface area contributed by atoms with Crippen LogP contribution in [0.4, 0.5) is 0 Å². The molecule has 25 heavy (non-hydrogen) atoms. The summed E-state index contributed by atoms with van der Waals surface area (Å²) < 4.78 is 6.86. The van der Waals surface area contributed by atoms with E-state index in [1.807, 2.05) is 43.3 Å². The van der Waals surface area contributed by atoms with Crippen LogP contribution >= 0.6 is 11.8 Å². The number of hydrogen-bond acceptors (Lipinski definition) is 4. The summed E-state index contributed by atoms with van der Waals surface area (Å²) in [7, 11) is 1.70. The van der Waals surface area contributed by atoms with Crippen molar-refractivity contribution in [1.29, 1.82) is 0 Å². The summed E-state index contributed by atoms with van der Waals surface area (Å²) in [5.41, 5.74) is 3.85. The Bertz CT molecular complexity index is 950. The normalized spacial score (nSPS) is 11.2. The van der Waals surface area contributed by atoms with E-state index < -0.39 is 0 Å². The zero-order chi connectivity index (χ0) is 17.8. The van der Waals surface area contributed by atoms with Gasteiger partial charge >= 0.3 is 0 Å². The molecule has 0 radical (unpaired) electrons. The number of ether oxygens (including phenoxy) is 1. The average molecular weight is 354 g/mol. The molecule has 130 valence electrons. The second kappa shape index (κ2) is 7.85. The highest BCUT2D eigenvalue weighted by atomic mass is 32.2. The molecule has 0 saturated carbocycles. The van der Waals surface area contributed by atoms with Crippen LogP contribution < -0.4 is 5.56 Å². The van der Waals surface area contributed by atoms with Crippen molar-refractivity contribution >= 4 is 22.7 Å². The molecule has 1 heterocycles. The lowest BCUT2D eigenvalue weighted by Gasteiger charge is -2.15. The van der Waals surface area contributed by atoms with E-state index in [0.29, 0.717) is 12.0 Å². The monoisotopic (exact) mass is 354 g/mol. The van der Waals surface area contributed by atoms with Gasteiger partial charge in [0, 0.05) is 19.5 Å². The number of fused-ring (bicyclic) bond motifs is 1. The van der Waals surface area contributed by atoms with Crippen molar-refractivity contribution in [3.63, 3.8) is 0 Å². The molecular formula is C20H22N2O2S. The maximum atomic E-state index is 13.2. The van der Waals surface area contributed by atoms with Crippen molar-refractivity contribution < 1.29 is 4.74 Å². The van der Waals surface area contributed by atoms with Crippen LogP contribution in [0.3, 0.4) is 0 Å². The number of nitrogens with zero attached hydrogens (tertiary/aromatic N) is 2. The Balaban J connectivity index is 2.16. The van der Waals surface area contributed by atoms with Gasteiger partial charge < -0.3 is 4.74 Å². The van der Waals surface area contributed by atoms with Crippen LogP contribution in [0, 0.1) is 13.8 Å². The average Bonchev–Trinajstić information content (AvgIpc) is 2.60.